The first-order chi connectivity index (χ1) is 16.5. The number of hydrogen-bond acceptors (Lipinski definition) is 10. The standard InChI is InChI=1S/C22H21BrN2O10/c1-11(26)32-10-16-17(33-12(2)27)18(34-13(3)28)21(35-16)24-9-15(23)20(30)25(22(24)31)19(29)14-7-5-4-6-8-14/h4-9,16-18,21H,10H2,1-3H3. The number of halogens is 1. The van der Waals surface area contributed by atoms with E-state index >= 15 is 0 Å². The molecule has 35 heavy (non-hydrogen) atoms. The number of carbonyl (C=O) groups is 4. The van der Waals surface area contributed by atoms with Crippen molar-refractivity contribution >= 4 is 39.7 Å². The molecule has 0 bridgehead atoms. The van der Waals surface area contributed by atoms with Gasteiger partial charge in [-0.15, -0.1) is 0 Å². The molecule has 0 spiro atoms. The molecule has 1 aromatic heterocycles. The Hall–Kier alpha value is -3.58. The first kappa shape index (κ1) is 26.0. The van der Waals surface area contributed by atoms with Crippen LogP contribution in [-0.4, -0.2) is 57.9 Å². The number of benzene rings is 1. The van der Waals surface area contributed by atoms with Gasteiger partial charge in [0, 0.05) is 32.5 Å². The lowest BCUT2D eigenvalue weighted by molar-refractivity contribution is -0.166. The topological polar surface area (TPSA) is 149 Å². The lowest BCUT2D eigenvalue weighted by Crippen LogP contribution is -2.47. The zero-order valence-corrected chi connectivity index (χ0v) is 20.4. The van der Waals surface area contributed by atoms with E-state index in [9.17, 15) is 28.8 Å². The number of carbonyl (C=O) groups excluding carboxylic acids is 4. The largest absolute Gasteiger partial charge is 0.463 e. The molecule has 4 atom stereocenters. The molecule has 2 aromatic rings. The number of aromatic nitrogens is 2. The molecule has 1 saturated heterocycles. The summed E-state index contributed by atoms with van der Waals surface area (Å²) in [7, 11) is 0. The van der Waals surface area contributed by atoms with E-state index in [1.165, 1.54) is 12.1 Å². The molecule has 1 aliphatic heterocycles. The molecule has 4 unspecified atom stereocenters. The van der Waals surface area contributed by atoms with Crippen molar-refractivity contribution in [3.8, 4) is 0 Å². The molecule has 12 nitrogen and oxygen atoms in total. The predicted octanol–water partition coefficient (Wildman–Crippen LogP) is 0.785. The Labute approximate surface area is 206 Å². The maximum absolute atomic E-state index is 13.3. The van der Waals surface area contributed by atoms with Crippen LogP contribution >= 0.6 is 15.9 Å². The Balaban J connectivity index is 2.14. The van der Waals surface area contributed by atoms with Crippen LogP contribution in [0.1, 0.15) is 37.4 Å². The Morgan fingerprint density at radius 1 is 0.943 bits per heavy atom. The minimum atomic E-state index is -1.44. The highest BCUT2D eigenvalue weighted by atomic mass is 79.9. The average molecular weight is 553 g/mol. The Morgan fingerprint density at radius 3 is 2.11 bits per heavy atom. The summed E-state index contributed by atoms with van der Waals surface area (Å²) >= 11 is 3.05. The van der Waals surface area contributed by atoms with Crippen molar-refractivity contribution in [2.45, 2.75) is 45.3 Å². The smallest absolute Gasteiger partial charge is 0.340 e. The molecule has 3 rings (SSSR count). The highest BCUT2D eigenvalue weighted by Crippen LogP contribution is 2.34. The van der Waals surface area contributed by atoms with Crippen LogP contribution in [0.5, 0.6) is 0 Å². The van der Waals surface area contributed by atoms with E-state index < -0.39 is 59.6 Å². The quantitative estimate of drug-likeness (QED) is 0.371. The van der Waals surface area contributed by atoms with Crippen LogP contribution in [0.25, 0.3) is 0 Å². The second kappa shape index (κ2) is 10.8. The van der Waals surface area contributed by atoms with Gasteiger partial charge < -0.3 is 18.9 Å². The molecule has 0 N–H and O–H groups in total. The van der Waals surface area contributed by atoms with Gasteiger partial charge in [-0.3, -0.25) is 28.5 Å². The van der Waals surface area contributed by atoms with Gasteiger partial charge in [-0.1, -0.05) is 18.2 Å². The zero-order valence-electron chi connectivity index (χ0n) is 18.8. The van der Waals surface area contributed by atoms with Crippen molar-refractivity contribution in [1.82, 2.24) is 9.13 Å². The number of hydrogen-bond donors (Lipinski definition) is 0. The molecule has 0 aliphatic carbocycles. The third kappa shape index (κ3) is 5.74. The average Bonchev–Trinajstić information content (AvgIpc) is 3.11. The molecule has 0 radical (unpaired) electrons. The van der Waals surface area contributed by atoms with Gasteiger partial charge in [0.15, 0.2) is 18.4 Å². The van der Waals surface area contributed by atoms with Crippen LogP contribution in [0.4, 0.5) is 0 Å². The highest BCUT2D eigenvalue weighted by molar-refractivity contribution is 9.10. The monoisotopic (exact) mass is 552 g/mol. The predicted molar refractivity (Wildman–Crippen MR) is 120 cm³/mol. The fourth-order valence-corrected chi connectivity index (χ4v) is 3.93. The van der Waals surface area contributed by atoms with Crippen molar-refractivity contribution in [3.05, 3.63) is 67.4 Å². The van der Waals surface area contributed by atoms with Crippen LogP contribution in [0.3, 0.4) is 0 Å². The zero-order chi connectivity index (χ0) is 25.9. The maximum Gasteiger partial charge on any atom is 0.340 e. The van der Waals surface area contributed by atoms with Crippen LogP contribution in [0.2, 0.25) is 0 Å². The summed E-state index contributed by atoms with van der Waals surface area (Å²) in [6, 6.07) is 7.65. The van der Waals surface area contributed by atoms with Gasteiger partial charge in [-0.2, -0.15) is 4.57 Å². The lowest BCUT2D eigenvalue weighted by atomic mass is 10.1. The second-order valence-electron chi connectivity index (χ2n) is 7.49. The van der Waals surface area contributed by atoms with Gasteiger partial charge >= 0.3 is 23.6 Å². The molecule has 1 aliphatic rings. The summed E-state index contributed by atoms with van der Waals surface area (Å²) in [6.07, 6.45) is -4.15. The lowest BCUT2D eigenvalue weighted by Gasteiger charge is -2.24. The first-order valence-corrected chi connectivity index (χ1v) is 11.1. The van der Waals surface area contributed by atoms with Crippen LogP contribution < -0.4 is 11.2 Å². The summed E-state index contributed by atoms with van der Waals surface area (Å²) in [6.45, 7) is 2.98. The van der Waals surface area contributed by atoms with Crippen molar-refractivity contribution in [2.24, 2.45) is 0 Å². The van der Waals surface area contributed by atoms with Crippen LogP contribution in [-0.2, 0) is 33.3 Å². The summed E-state index contributed by atoms with van der Waals surface area (Å²) in [5.74, 6) is -3.08. The number of esters is 3. The van der Waals surface area contributed by atoms with Gasteiger partial charge in [-0.25, -0.2) is 4.79 Å². The fraction of sp³-hybridized carbons (Fsp3) is 0.364. The van der Waals surface area contributed by atoms with E-state index in [4.69, 9.17) is 18.9 Å². The van der Waals surface area contributed by atoms with Crippen molar-refractivity contribution in [1.29, 1.82) is 0 Å². The van der Waals surface area contributed by atoms with E-state index in [0.29, 0.717) is 4.57 Å². The highest BCUT2D eigenvalue weighted by Gasteiger charge is 2.51. The molecule has 2 heterocycles. The first-order valence-electron chi connectivity index (χ1n) is 10.3. The van der Waals surface area contributed by atoms with E-state index in [-0.39, 0.29) is 16.6 Å². The van der Waals surface area contributed by atoms with Crippen LogP contribution in [0.15, 0.2) is 50.6 Å². The van der Waals surface area contributed by atoms with Gasteiger partial charge in [0.25, 0.3) is 11.5 Å². The Kier molecular flexibility index (Phi) is 8.02. The number of ether oxygens (including phenoxy) is 4. The molecule has 13 heteroatoms. The summed E-state index contributed by atoms with van der Waals surface area (Å²) < 4.78 is 22.5. The Morgan fingerprint density at radius 2 is 1.54 bits per heavy atom. The summed E-state index contributed by atoms with van der Waals surface area (Å²) in [5, 5.41) is 0. The molecule has 1 fully saturated rings. The van der Waals surface area contributed by atoms with E-state index in [2.05, 4.69) is 15.9 Å². The van der Waals surface area contributed by atoms with Crippen molar-refractivity contribution < 1.29 is 38.1 Å². The number of rotatable bonds is 6. The van der Waals surface area contributed by atoms with E-state index in [0.717, 1.165) is 31.5 Å². The number of nitrogens with zero attached hydrogens (tertiary/aromatic N) is 2. The summed E-state index contributed by atoms with van der Waals surface area (Å²) in [5.41, 5.74) is -1.94. The van der Waals surface area contributed by atoms with E-state index in [1.807, 2.05) is 0 Å². The normalized spacial score (nSPS) is 21.3. The third-order valence-electron chi connectivity index (χ3n) is 4.91. The minimum Gasteiger partial charge on any atom is -0.463 e. The molecule has 1 aromatic carbocycles. The maximum atomic E-state index is 13.3. The van der Waals surface area contributed by atoms with Gasteiger partial charge in [0.05, 0.1) is 4.47 Å². The molecule has 0 saturated carbocycles. The SMILES string of the molecule is CC(=O)OCC1OC(n2cc(Br)c(=O)n(C(=O)c3ccccc3)c2=O)C(OC(C)=O)C1OC(C)=O. The molecule has 0 amide bonds. The van der Waals surface area contributed by atoms with E-state index in [1.54, 1.807) is 18.2 Å². The minimum absolute atomic E-state index is 0.0748. The van der Waals surface area contributed by atoms with Crippen molar-refractivity contribution in [2.75, 3.05) is 6.61 Å². The van der Waals surface area contributed by atoms with Gasteiger partial charge in [0.1, 0.15) is 12.7 Å². The summed E-state index contributed by atoms with van der Waals surface area (Å²) in [4.78, 5) is 73.9. The second-order valence-corrected chi connectivity index (χ2v) is 8.35. The fourth-order valence-electron chi connectivity index (χ4n) is 3.53. The Bertz CT molecular complexity index is 1270. The third-order valence-corrected chi connectivity index (χ3v) is 5.45. The van der Waals surface area contributed by atoms with Gasteiger partial charge in [-0.05, 0) is 28.1 Å². The van der Waals surface area contributed by atoms with Crippen molar-refractivity contribution in [3.63, 3.8) is 0 Å². The van der Waals surface area contributed by atoms with Crippen LogP contribution in [0, 0.1) is 0 Å². The molecular weight excluding hydrogens is 532 g/mol. The van der Waals surface area contributed by atoms with Gasteiger partial charge in [0.2, 0.25) is 0 Å². The molecular formula is C22H21BrN2O10. The molecule has 186 valence electrons.